The standard InChI is InChI=1S/C26H31FN2O3/c1-25(2,3)24(31)29-12-13-32-26(17-29,23(30)28-22-10-11-22)16-18-6-4-7-19(14-18)20-8-5-9-21(27)15-20/h4-9,14-15,22H,10-13,16-17H2,1-3H3,(H,28,30)/t26-/m1/s1. The van der Waals surface area contributed by atoms with Gasteiger partial charge in [-0.3, -0.25) is 9.59 Å². The molecule has 0 unspecified atom stereocenters. The van der Waals surface area contributed by atoms with Crippen LogP contribution in [0.4, 0.5) is 4.39 Å². The second-order valence-corrected chi connectivity index (χ2v) is 9.95. The molecule has 6 heteroatoms. The van der Waals surface area contributed by atoms with Gasteiger partial charge in [0.25, 0.3) is 5.91 Å². The maximum absolute atomic E-state index is 13.7. The van der Waals surface area contributed by atoms with Crippen LogP contribution in [0.25, 0.3) is 11.1 Å². The maximum Gasteiger partial charge on any atom is 0.254 e. The number of ether oxygens (including phenoxy) is 1. The minimum absolute atomic E-state index is 0.0120. The molecule has 2 fully saturated rings. The summed E-state index contributed by atoms with van der Waals surface area (Å²) in [6.45, 7) is 6.66. The molecule has 1 aliphatic carbocycles. The number of carbonyl (C=O) groups excluding carboxylic acids is 2. The van der Waals surface area contributed by atoms with Gasteiger partial charge in [0, 0.05) is 24.4 Å². The monoisotopic (exact) mass is 438 g/mol. The van der Waals surface area contributed by atoms with E-state index in [1.54, 1.807) is 11.0 Å². The van der Waals surface area contributed by atoms with Gasteiger partial charge in [-0.2, -0.15) is 0 Å². The molecule has 2 aliphatic rings. The molecule has 2 amide bonds. The lowest BCUT2D eigenvalue weighted by Crippen LogP contribution is -2.63. The second kappa shape index (κ2) is 8.66. The van der Waals surface area contributed by atoms with Crippen LogP contribution in [-0.4, -0.2) is 48.1 Å². The normalized spacial score (nSPS) is 21.3. The van der Waals surface area contributed by atoms with E-state index < -0.39 is 11.0 Å². The van der Waals surface area contributed by atoms with Crippen LogP contribution in [0.2, 0.25) is 0 Å². The largest absolute Gasteiger partial charge is 0.361 e. The van der Waals surface area contributed by atoms with Crippen molar-refractivity contribution in [2.24, 2.45) is 5.41 Å². The lowest BCUT2D eigenvalue weighted by atomic mass is 9.88. The lowest BCUT2D eigenvalue weighted by Gasteiger charge is -2.43. The van der Waals surface area contributed by atoms with Crippen LogP contribution in [0.15, 0.2) is 48.5 Å². The Morgan fingerprint density at radius 3 is 2.47 bits per heavy atom. The third-order valence-electron chi connectivity index (χ3n) is 6.02. The molecule has 2 aromatic rings. The Bertz CT molecular complexity index is 1010. The molecule has 32 heavy (non-hydrogen) atoms. The molecular weight excluding hydrogens is 407 g/mol. The summed E-state index contributed by atoms with van der Waals surface area (Å²) in [6, 6.07) is 14.4. The first-order chi connectivity index (χ1) is 15.2. The average molecular weight is 439 g/mol. The topological polar surface area (TPSA) is 58.6 Å². The molecule has 2 aromatic carbocycles. The quantitative estimate of drug-likeness (QED) is 0.769. The highest BCUT2D eigenvalue weighted by Gasteiger charge is 2.47. The highest BCUT2D eigenvalue weighted by Crippen LogP contribution is 2.30. The van der Waals surface area contributed by atoms with E-state index in [4.69, 9.17) is 4.74 Å². The smallest absolute Gasteiger partial charge is 0.254 e. The third kappa shape index (κ3) is 5.01. The van der Waals surface area contributed by atoms with E-state index in [2.05, 4.69) is 5.32 Å². The number of morpholine rings is 1. The van der Waals surface area contributed by atoms with E-state index in [0.29, 0.717) is 19.6 Å². The molecule has 0 spiro atoms. The van der Waals surface area contributed by atoms with Crippen LogP contribution < -0.4 is 5.32 Å². The molecule has 1 saturated carbocycles. The minimum atomic E-state index is -1.15. The van der Waals surface area contributed by atoms with E-state index in [-0.39, 0.29) is 30.2 Å². The molecule has 1 aliphatic heterocycles. The van der Waals surface area contributed by atoms with Crippen molar-refractivity contribution in [3.8, 4) is 11.1 Å². The molecule has 4 rings (SSSR count). The number of amides is 2. The first-order valence-electron chi connectivity index (χ1n) is 11.3. The van der Waals surface area contributed by atoms with Crippen LogP contribution in [-0.2, 0) is 20.7 Å². The summed E-state index contributed by atoms with van der Waals surface area (Å²) in [5.74, 6) is -0.444. The fraction of sp³-hybridized carbons (Fsp3) is 0.462. The summed E-state index contributed by atoms with van der Waals surface area (Å²) in [5.41, 5.74) is 0.869. The fourth-order valence-electron chi connectivity index (χ4n) is 4.16. The van der Waals surface area contributed by atoms with Gasteiger partial charge >= 0.3 is 0 Å². The van der Waals surface area contributed by atoms with Crippen molar-refractivity contribution in [3.63, 3.8) is 0 Å². The van der Waals surface area contributed by atoms with Gasteiger partial charge in [-0.25, -0.2) is 4.39 Å². The molecule has 1 atom stereocenters. The van der Waals surface area contributed by atoms with Crippen molar-refractivity contribution >= 4 is 11.8 Å². The van der Waals surface area contributed by atoms with Gasteiger partial charge in [0.2, 0.25) is 5.91 Å². The van der Waals surface area contributed by atoms with E-state index in [9.17, 15) is 14.0 Å². The highest BCUT2D eigenvalue weighted by molar-refractivity contribution is 5.88. The minimum Gasteiger partial charge on any atom is -0.361 e. The fourth-order valence-corrected chi connectivity index (χ4v) is 4.16. The van der Waals surface area contributed by atoms with Gasteiger partial charge in [0.15, 0.2) is 5.60 Å². The Hall–Kier alpha value is -2.73. The zero-order valence-corrected chi connectivity index (χ0v) is 19.0. The second-order valence-electron chi connectivity index (χ2n) is 9.95. The van der Waals surface area contributed by atoms with E-state index in [1.807, 2.05) is 51.1 Å². The van der Waals surface area contributed by atoms with Crippen molar-refractivity contribution in [2.45, 2.75) is 51.7 Å². The Kier molecular flexibility index (Phi) is 6.08. The van der Waals surface area contributed by atoms with Crippen LogP contribution in [0.1, 0.15) is 39.2 Å². The molecule has 1 saturated heterocycles. The molecular formula is C26H31FN2O3. The van der Waals surface area contributed by atoms with E-state index >= 15 is 0 Å². The molecule has 0 radical (unpaired) electrons. The van der Waals surface area contributed by atoms with E-state index in [0.717, 1.165) is 29.5 Å². The SMILES string of the molecule is CC(C)(C)C(=O)N1CCO[C@@](Cc2cccc(-c3cccc(F)c3)c2)(C(=O)NC2CC2)C1. The molecule has 5 nitrogen and oxygen atoms in total. The summed E-state index contributed by atoms with van der Waals surface area (Å²) in [5, 5.41) is 3.09. The number of carbonyl (C=O) groups is 2. The zero-order chi connectivity index (χ0) is 22.9. The Labute approximate surface area is 188 Å². The number of benzene rings is 2. The first-order valence-corrected chi connectivity index (χ1v) is 11.3. The van der Waals surface area contributed by atoms with Gasteiger partial charge in [-0.15, -0.1) is 0 Å². The van der Waals surface area contributed by atoms with Crippen LogP contribution in [0, 0.1) is 11.2 Å². The number of rotatable bonds is 5. The zero-order valence-electron chi connectivity index (χ0n) is 19.0. The Morgan fingerprint density at radius 2 is 1.81 bits per heavy atom. The predicted octanol–water partition coefficient (Wildman–Crippen LogP) is 3.96. The van der Waals surface area contributed by atoms with Gasteiger partial charge in [0.1, 0.15) is 5.82 Å². The number of hydrogen-bond acceptors (Lipinski definition) is 3. The summed E-state index contributed by atoms with van der Waals surface area (Å²) in [7, 11) is 0. The van der Waals surface area contributed by atoms with Gasteiger partial charge < -0.3 is 15.0 Å². The van der Waals surface area contributed by atoms with Crippen LogP contribution >= 0.6 is 0 Å². The van der Waals surface area contributed by atoms with Gasteiger partial charge in [-0.05, 0) is 41.7 Å². The molecule has 0 aromatic heterocycles. The van der Waals surface area contributed by atoms with Crippen LogP contribution in [0.5, 0.6) is 0 Å². The number of halogens is 1. The average Bonchev–Trinajstić information content (AvgIpc) is 3.57. The molecule has 1 N–H and O–H groups in total. The van der Waals surface area contributed by atoms with Crippen molar-refractivity contribution < 1.29 is 18.7 Å². The summed E-state index contributed by atoms with van der Waals surface area (Å²) in [4.78, 5) is 28.1. The number of nitrogens with one attached hydrogen (secondary N) is 1. The van der Waals surface area contributed by atoms with Crippen LogP contribution in [0.3, 0.4) is 0 Å². The van der Waals surface area contributed by atoms with E-state index in [1.165, 1.54) is 12.1 Å². The molecule has 170 valence electrons. The maximum atomic E-state index is 13.7. The first kappa shape index (κ1) is 22.5. The van der Waals surface area contributed by atoms with Gasteiger partial charge in [0.05, 0.1) is 13.2 Å². The van der Waals surface area contributed by atoms with Crippen molar-refractivity contribution in [1.29, 1.82) is 0 Å². The number of nitrogens with zero attached hydrogens (tertiary/aromatic N) is 1. The summed E-state index contributed by atoms with van der Waals surface area (Å²) < 4.78 is 19.9. The predicted molar refractivity (Wildman–Crippen MR) is 121 cm³/mol. The Morgan fingerprint density at radius 1 is 1.12 bits per heavy atom. The Balaban J connectivity index is 1.63. The summed E-state index contributed by atoms with van der Waals surface area (Å²) in [6.07, 6.45) is 2.28. The molecule has 1 heterocycles. The third-order valence-corrected chi connectivity index (χ3v) is 6.02. The van der Waals surface area contributed by atoms with Crippen molar-refractivity contribution in [3.05, 3.63) is 59.9 Å². The van der Waals surface area contributed by atoms with Crippen molar-refractivity contribution in [1.82, 2.24) is 10.2 Å². The molecule has 0 bridgehead atoms. The van der Waals surface area contributed by atoms with Crippen molar-refractivity contribution in [2.75, 3.05) is 19.7 Å². The highest BCUT2D eigenvalue weighted by atomic mass is 19.1. The van der Waals surface area contributed by atoms with Gasteiger partial charge in [-0.1, -0.05) is 57.2 Å². The summed E-state index contributed by atoms with van der Waals surface area (Å²) >= 11 is 0. The number of hydrogen-bond donors (Lipinski definition) is 1. The lowest BCUT2D eigenvalue weighted by molar-refractivity contribution is -0.169.